The summed E-state index contributed by atoms with van der Waals surface area (Å²) in [7, 11) is 0. The molecule has 3 N–H and O–H groups in total. The normalized spacial score (nSPS) is 18.8. The highest BCUT2D eigenvalue weighted by molar-refractivity contribution is 5.85. The lowest BCUT2D eigenvalue weighted by molar-refractivity contribution is 0.210. The predicted octanol–water partition coefficient (Wildman–Crippen LogP) is 1.26. The maximum atomic E-state index is 13.7. The van der Waals surface area contributed by atoms with Gasteiger partial charge in [-0.05, 0) is 18.6 Å². The number of halogens is 1. The highest BCUT2D eigenvalue weighted by Crippen LogP contribution is 2.19. The summed E-state index contributed by atoms with van der Waals surface area (Å²) in [5.74, 6) is 0.342. The minimum atomic E-state index is -0.299. The van der Waals surface area contributed by atoms with Crippen molar-refractivity contribution in [1.82, 2.24) is 9.88 Å². The molecule has 1 aromatic heterocycles. The third-order valence-corrected chi connectivity index (χ3v) is 3.81. The van der Waals surface area contributed by atoms with Crippen molar-refractivity contribution in [2.45, 2.75) is 25.8 Å². The van der Waals surface area contributed by atoms with Gasteiger partial charge in [-0.15, -0.1) is 0 Å². The highest BCUT2D eigenvalue weighted by atomic mass is 19.1. The van der Waals surface area contributed by atoms with Gasteiger partial charge in [-0.3, -0.25) is 4.90 Å². The topological polar surface area (TPSA) is 78.0 Å². The van der Waals surface area contributed by atoms with Crippen molar-refractivity contribution < 1.29 is 9.60 Å². The number of hydrogen-bond donors (Lipinski definition) is 2. The van der Waals surface area contributed by atoms with Gasteiger partial charge >= 0.3 is 0 Å². The second kappa shape index (κ2) is 7.21. The van der Waals surface area contributed by atoms with E-state index in [2.05, 4.69) is 22.0 Å². The maximum Gasteiger partial charge on any atom is 0.165 e. The zero-order valence-electron chi connectivity index (χ0n) is 12.2. The lowest BCUT2D eigenvalue weighted by Crippen LogP contribution is -2.54. The van der Waals surface area contributed by atoms with Crippen molar-refractivity contribution >= 4 is 11.7 Å². The van der Waals surface area contributed by atoms with Crippen molar-refractivity contribution in [3.63, 3.8) is 0 Å². The fraction of sp³-hybridized carbons (Fsp3) is 0.571. The zero-order chi connectivity index (χ0) is 15.2. The number of aromatic nitrogens is 1. The van der Waals surface area contributed by atoms with Crippen LogP contribution < -0.4 is 10.6 Å². The molecule has 6 nitrogen and oxygen atoms in total. The van der Waals surface area contributed by atoms with E-state index in [-0.39, 0.29) is 17.7 Å². The summed E-state index contributed by atoms with van der Waals surface area (Å²) in [6, 6.07) is 2.95. The Hall–Kier alpha value is -1.89. The number of piperazine rings is 1. The molecular weight excluding hydrogens is 273 g/mol. The van der Waals surface area contributed by atoms with E-state index in [4.69, 9.17) is 10.9 Å². The Morgan fingerprint density at radius 1 is 1.48 bits per heavy atom. The van der Waals surface area contributed by atoms with Crippen LogP contribution in [0.3, 0.4) is 0 Å². The molecule has 1 atom stereocenters. The first-order valence-corrected chi connectivity index (χ1v) is 7.24. The summed E-state index contributed by atoms with van der Waals surface area (Å²) in [4.78, 5) is 8.21. The number of rotatable bonds is 5. The van der Waals surface area contributed by atoms with Crippen LogP contribution in [0.4, 0.5) is 10.2 Å². The first-order valence-electron chi connectivity index (χ1n) is 7.24. The Bertz CT molecular complexity index is 488. The SMILES string of the molecule is CCCC(/C(N)=N/O)N1CCN(c2ncccc2F)CC1. The fourth-order valence-electron chi connectivity index (χ4n) is 2.71. The van der Waals surface area contributed by atoms with Gasteiger partial charge < -0.3 is 15.8 Å². The molecule has 116 valence electrons. The quantitative estimate of drug-likeness (QED) is 0.370. The molecule has 1 fully saturated rings. The molecule has 0 bridgehead atoms. The number of pyridine rings is 1. The van der Waals surface area contributed by atoms with Crippen LogP contribution in [0, 0.1) is 5.82 Å². The lowest BCUT2D eigenvalue weighted by Gasteiger charge is -2.39. The number of nitrogens with two attached hydrogens (primary N) is 1. The zero-order valence-corrected chi connectivity index (χ0v) is 12.2. The number of nitrogens with zero attached hydrogens (tertiary/aromatic N) is 4. The van der Waals surface area contributed by atoms with E-state index >= 15 is 0 Å². The van der Waals surface area contributed by atoms with Crippen molar-refractivity contribution in [3.05, 3.63) is 24.1 Å². The average molecular weight is 295 g/mol. The van der Waals surface area contributed by atoms with Crippen LogP contribution in [0.5, 0.6) is 0 Å². The molecule has 0 amide bonds. The minimum absolute atomic E-state index is 0.0595. The first-order chi connectivity index (χ1) is 10.2. The summed E-state index contributed by atoms with van der Waals surface area (Å²) in [5, 5.41) is 12.0. The molecule has 7 heteroatoms. The van der Waals surface area contributed by atoms with Crippen LogP contribution >= 0.6 is 0 Å². The van der Waals surface area contributed by atoms with E-state index in [0.29, 0.717) is 18.9 Å². The standard InChI is InChI=1S/C14H22FN5O/c1-2-4-12(13(16)18-21)19-7-9-20(10-8-19)14-11(15)5-3-6-17-14/h3,5-6,12,21H,2,4,7-10H2,1H3,(H2,16,18). The molecule has 0 spiro atoms. The number of oxime groups is 1. The van der Waals surface area contributed by atoms with E-state index in [9.17, 15) is 4.39 Å². The van der Waals surface area contributed by atoms with E-state index in [1.54, 1.807) is 12.3 Å². The molecule has 1 aliphatic rings. The minimum Gasteiger partial charge on any atom is -0.409 e. The molecule has 1 aromatic rings. The third-order valence-electron chi connectivity index (χ3n) is 3.81. The number of hydrogen-bond acceptors (Lipinski definition) is 5. The molecule has 21 heavy (non-hydrogen) atoms. The molecule has 2 heterocycles. The van der Waals surface area contributed by atoms with Crippen LogP contribution in [0.25, 0.3) is 0 Å². The van der Waals surface area contributed by atoms with Crippen LogP contribution in [-0.4, -0.2) is 53.1 Å². The molecule has 1 aliphatic heterocycles. The molecule has 0 saturated carbocycles. The lowest BCUT2D eigenvalue weighted by atomic mass is 10.1. The van der Waals surface area contributed by atoms with E-state index < -0.39 is 0 Å². The van der Waals surface area contributed by atoms with Crippen LogP contribution in [0.2, 0.25) is 0 Å². The second-order valence-electron chi connectivity index (χ2n) is 5.16. The van der Waals surface area contributed by atoms with E-state index in [1.807, 2.05) is 4.90 Å². The van der Waals surface area contributed by atoms with Gasteiger partial charge in [-0.2, -0.15) is 0 Å². The molecule has 1 saturated heterocycles. The highest BCUT2D eigenvalue weighted by Gasteiger charge is 2.27. The third kappa shape index (κ3) is 3.60. The van der Waals surface area contributed by atoms with Crippen molar-refractivity contribution in [2.75, 3.05) is 31.1 Å². The van der Waals surface area contributed by atoms with Crippen molar-refractivity contribution in [1.29, 1.82) is 0 Å². The summed E-state index contributed by atoms with van der Waals surface area (Å²) < 4.78 is 13.7. The summed E-state index contributed by atoms with van der Waals surface area (Å²) in [6.45, 7) is 4.88. The van der Waals surface area contributed by atoms with Gasteiger partial charge in [-0.1, -0.05) is 18.5 Å². The summed E-state index contributed by atoms with van der Waals surface area (Å²) in [6.07, 6.45) is 3.39. The van der Waals surface area contributed by atoms with Crippen LogP contribution in [-0.2, 0) is 0 Å². The fourth-order valence-corrected chi connectivity index (χ4v) is 2.71. The van der Waals surface area contributed by atoms with Gasteiger partial charge in [0.1, 0.15) is 0 Å². The largest absolute Gasteiger partial charge is 0.409 e. The van der Waals surface area contributed by atoms with Gasteiger partial charge in [0.25, 0.3) is 0 Å². The Morgan fingerprint density at radius 2 is 2.19 bits per heavy atom. The van der Waals surface area contributed by atoms with Crippen molar-refractivity contribution in [2.24, 2.45) is 10.9 Å². The van der Waals surface area contributed by atoms with Gasteiger partial charge in [0.15, 0.2) is 17.5 Å². The van der Waals surface area contributed by atoms with Gasteiger partial charge in [-0.25, -0.2) is 9.37 Å². The summed E-state index contributed by atoms with van der Waals surface area (Å²) in [5.41, 5.74) is 5.78. The van der Waals surface area contributed by atoms with Gasteiger partial charge in [0, 0.05) is 32.4 Å². The van der Waals surface area contributed by atoms with E-state index in [1.165, 1.54) is 6.07 Å². The number of anilines is 1. The summed E-state index contributed by atoms with van der Waals surface area (Å²) >= 11 is 0. The Morgan fingerprint density at radius 3 is 2.76 bits per heavy atom. The number of amidine groups is 1. The van der Waals surface area contributed by atoms with Crippen LogP contribution in [0.1, 0.15) is 19.8 Å². The molecule has 0 radical (unpaired) electrons. The first kappa shape index (κ1) is 15.5. The maximum absolute atomic E-state index is 13.7. The predicted molar refractivity (Wildman–Crippen MR) is 80.1 cm³/mol. The molecule has 1 unspecified atom stereocenters. The smallest absolute Gasteiger partial charge is 0.165 e. The van der Waals surface area contributed by atoms with Gasteiger partial charge in [0.2, 0.25) is 0 Å². The second-order valence-corrected chi connectivity index (χ2v) is 5.16. The molecule has 0 aliphatic carbocycles. The van der Waals surface area contributed by atoms with Gasteiger partial charge in [0.05, 0.1) is 6.04 Å². The molecule has 2 rings (SSSR count). The molecular formula is C14H22FN5O. The van der Waals surface area contributed by atoms with Crippen LogP contribution in [0.15, 0.2) is 23.5 Å². The van der Waals surface area contributed by atoms with Crippen molar-refractivity contribution in [3.8, 4) is 0 Å². The Kier molecular flexibility index (Phi) is 5.32. The Balaban J connectivity index is 2.01. The molecule has 0 aromatic carbocycles. The average Bonchev–Trinajstić information content (AvgIpc) is 2.53. The Labute approximate surface area is 124 Å². The van der Waals surface area contributed by atoms with E-state index in [0.717, 1.165) is 25.9 Å². The monoisotopic (exact) mass is 295 g/mol.